The van der Waals surface area contributed by atoms with Gasteiger partial charge in [-0.2, -0.15) is 11.8 Å². The molecule has 7 nitrogen and oxygen atoms in total. The predicted molar refractivity (Wildman–Crippen MR) is 90.4 cm³/mol. The molecule has 0 aliphatic carbocycles. The van der Waals surface area contributed by atoms with Crippen LogP contribution in [0.4, 0.5) is 4.79 Å². The Morgan fingerprint density at radius 2 is 2.09 bits per heavy atom. The minimum Gasteiger partial charge on any atom is -0.395 e. The first-order valence-electron chi connectivity index (χ1n) is 7.80. The Bertz CT molecular complexity index is 437. The lowest BCUT2D eigenvalue weighted by Gasteiger charge is -2.35. The van der Waals surface area contributed by atoms with Crippen LogP contribution in [-0.4, -0.2) is 59.1 Å². The minimum absolute atomic E-state index is 0.00462. The maximum Gasteiger partial charge on any atom is 0.315 e. The average molecular weight is 345 g/mol. The third-order valence-corrected chi connectivity index (χ3v) is 6.53. The Morgan fingerprint density at radius 3 is 2.74 bits per heavy atom. The minimum atomic E-state index is -0.214. The van der Waals surface area contributed by atoms with E-state index in [0.717, 1.165) is 25.0 Å². The first kappa shape index (κ1) is 19.8. The highest BCUT2D eigenvalue weighted by Crippen LogP contribution is 2.47. The van der Waals surface area contributed by atoms with Crippen molar-refractivity contribution in [2.45, 2.75) is 55.9 Å². The van der Waals surface area contributed by atoms with Crippen molar-refractivity contribution in [2.75, 3.05) is 18.9 Å². The van der Waals surface area contributed by atoms with Crippen LogP contribution in [0.1, 0.15) is 39.5 Å². The van der Waals surface area contributed by atoms with Crippen LogP contribution in [0.5, 0.6) is 0 Å². The van der Waals surface area contributed by atoms with Crippen molar-refractivity contribution in [2.24, 2.45) is 0 Å². The van der Waals surface area contributed by atoms with Gasteiger partial charge in [0.25, 0.3) is 0 Å². The van der Waals surface area contributed by atoms with Gasteiger partial charge < -0.3 is 25.9 Å². The highest BCUT2D eigenvalue weighted by Gasteiger charge is 2.60. The number of aliphatic hydroxyl groups is 1. The zero-order valence-corrected chi connectivity index (χ0v) is 14.6. The van der Waals surface area contributed by atoms with Gasteiger partial charge in [-0.15, -0.1) is 0 Å². The SMILES string of the molecule is C=O.CC12CSC(CCCCC(=O)NCCO)C1(C)NC(=O)N2. The molecule has 3 unspecified atom stereocenters. The van der Waals surface area contributed by atoms with Gasteiger partial charge >= 0.3 is 6.03 Å². The van der Waals surface area contributed by atoms with Gasteiger partial charge in [-0.25, -0.2) is 4.79 Å². The van der Waals surface area contributed by atoms with E-state index >= 15 is 0 Å². The van der Waals surface area contributed by atoms with Crippen molar-refractivity contribution in [3.8, 4) is 0 Å². The fourth-order valence-electron chi connectivity index (χ4n) is 3.11. The van der Waals surface area contributed by atoms with Crippen LogP contribution < -0.4 is 16.0 Å². The summed E-state index contributed by atoms with van der Waals surface area (Å²) in [4.78, 5) is 31.1. The molecule has 2 aliphatic rings. The van der Waals surface area contributed by atoms with Gasteiger partial charge in [-0.05, 0) is 26.7 Å². The van der Waals surface area contributed by atoms with Crippen molar-refractivity contribution >= 4 is 30.5 Å². The highest BCUT2D eigenvalue weighted by atomic mass is 32.2. The standard InChI is InChI=1S/C14H25N3O3S.CH2O/c1-13-9-21-10(14(13,2)17-12(20)16-13)5-3-4-6-11(19)15-7-8-18;1-2/h10,18H,3-9H2,1-2H3,(H,15,19)(H2,16,17,20);1H2. The second kappa shape index (κ2) is 8.54. The van der Waals surface area contributed by atoms with E-state index in [-0.39, 0.29) is 29.6 Å². The number of amides is 3. The van der Waals surface area contributed by atoms with Crippen LogP contribution in [0.25, 0.3) is 0 Å². The van der Waals surface area contributed by atoms with E-state index in [1.54, 1.807) is 0 Å². The van der Waals surface area contributed by atoms with Gasteiger partial charge in [0, 0.05) is 24.0 Å². The molecule has 132 valence electrons. The number of fused-ring (bicyclic) bond motifs is 1. The molecular formula is C15H27N3O4S. The molecule has 2 aliphatic heterocycles. The molecular weight excluding hydrogens is 318 g/mol. The molecule has 3 atom stereocenters. The summed E-state index contributed by atoms with van der Waals surface area (Å²) in [5.41, 5.74) is -0.397. The Morgan fingerprint density at radius 1 is 1.39 bits per heavy atom. The van der Waals surface area contributed by atoms with Crippen LogP contribution in [0.3, 0.4) is 0 Å². The van der Waals surface area contributed by atoms with E-state index in [1.165, 1.54) is 0 Å². The summed E-state index contributed by atoms with van der Waals surface area (Å²) in [7, 11) is 0. The lowest BCUT2D eigenvalue weighted by Crippen LogP contribution is -2.58. The van der Waals surface area contributed by atoms with Crippen molar-refractivity contribution in [3.05, 3.63) is 0 Å². The molecule has 0 radical (unpaired) electrons. The number of nitrogens with one attached hydrogen (secondary N) is 3. The number of unbranched alkanes of at least 4 members (excludes halogenated alkanes) is 1. The summed E-state index contributed by atoms with van der Waals surface area (Å²) in [5.74, 6) is 0.916. The lowest BCUT2D eigenvalue weighted by atomic mass is 9.79. The van der Waals surface area contributed by atoms with Crippen LogP contribution >= 0.6 is 11.8 Å². The number of carbonyl (C=O) groups is 3. The third kappa shape index (κ3) is 4.38. The summed E-state index contributed by atoms with van der Waals surface area (Å²) < 4.78 is 0. The van der Waals surface area contributed by atoms with Gasteiger partial charge in [0.15, 0.2) is 0 Å². The molecule has 23 heavy (non-hydrogen) atoms. The molecule has 0 aromatic carbocycles. The molecule has 2 heterocycles. The molecule has 0 aromatic rings. The number of thioether (sulfide) groups is 1. The summed E-state index contributed by atoms with van der Waals surface area (Å²) in [6.07, 6.45) is 3.29. The normalized spacial score (nSPS) is 31.4. The Hall–Kier alpha value is -1.28. The fourth-order valence-corrected chi connectivity index (χ4v) is 5.00. The van der Waals surface area contributed by atoms with Gasteiger partial charge in [-0.3, -0.25) is 4.79 Å². The Balaban J connectivity index is 0.00000127. The second-order valence-corrected chi connectivity index (χ2v) is 7.42. The Kier molecular flexibility index (Phi) is 7.34. The van der Waals surface area contributed by atoms with Crippen LogP contribution in [-0.2, 0) is 9.59 Å². The Labute approximate surface area is 141 Å². The van der Waals surface area contributed by atoms with Crippen LogP contribution in [0, 0.1) is 0 Å². The molecule has 2 saturated heterocycles. The first-order valence-corrected chi connectivity index (χ1v) is 8.84. The predicted octanol–water partition coefficient (Wildman–Crippen LogP) is 0.416. The van der Waals surface area contributed by atoms with Crippen LogP contribution in [0.15, 0.2) is 0 Å². The molecule has 3 amide bonds. The molecule has 0 aromatic heterocycles. The molecule has 4 N–H and O–H groups in total. The molecule has 0 saturated carbocycles. The van der Waals surface area contributed by atoms with E-state index < -0.39 is 0 Å². The average Bonchev–Trinajstić information content (AvgIpc) is 2.89. The highest BCUT2D eigenvalue weighted by molar-refractivity contribution is 8.00. The number of carbonyl (C=O) groups excluding carboxylic acids is 3. The maximum atomic E-state index is 11.6. The zero-order chi connectivity index (χ0) is 17.5. The molecule has 0 spiro atoms. The number of aliphatic hydroxyl groups excluding tert-OH is 1. The molecule has 2 fully saturated rings. The smallest absolute Gasteiger partial charge is 0.315 e. The second-order valence-electron chi connectivity index (χ2n) is 6.23. The summed E-state index contributed by atoms with van der Waals surface area (Å²) in [6, 6.07) is -0.0753. The number of hydrogen-bond donors (Lipinski definition) is 4. The number of hydrogen-bond acceptors (Lipinski definition) is 5. The van der Waals surface area contributed by atoms with E-state index in [0.29, 0.717) is 18.2 Å². The van der Waals surface area contributed by atoms with Crippen molar-refractivity contribution < 1.29 is 19.5 Å². The summed E-state index contributed by atoms with van der Waals surface area (Å²) in [6.45, 7) is 6.52. The largest absolute Gasteiger partial charge is 0.395 e. The van der Waals surface area contributed by atoms with Crippen molar-refractivity contribution in [1.82, 2.24) is 16.0 Å². The summed E-state index contributed by atoms with van der Waals surface area (Å²) in [5, 5.41) is 17.8. The number of rotatable bonds is 7. The van der Waals surface area contributed by atoms with Gasteiger partial charge in [-0.1, -0.05) is 6.42 Å². The lowest BCUT2D eigenvalue weighted by molar-refractivity contribution is -0.121. The third-order valence-electron chi connectivity index (χ3n) is 4.68. The van der Waals surface area contributed by atoms with E-state index in [2.05, 4.69) is 29.8 Å². The molecule has 0 bridgehead atoms. The summed E-state index contributed by atoms with van der Waals surface area (Å²) >= 11 is 1.90. The quantitative estimate of drug-likeness (QED) is 0.395. The number of urea groups is 1. The van der Waals surface area contributed by atoms with Gasteiger partial charge in [0.05, 0.1) is 17.7 Å². The first-order chi connectivity index (χ1) is 10.9. The molecule has 8 heteroatoms. The fraction of sp³-hybridized carbons (Fsp3) is 0.800. The van der Waals surface area contributed by atoms with Crippen molar-refractivity contribution in [1.29, 1.82) is 0 Å². The van der Waals surface area contributed by atoms with Gasteiger partial charge in [0.2, 0.25) is 5.91 Å². The van der Waals surface area contributed by atoms with Crippen molar-refractivity contribution in [3.63, 3.8) is 0 Å². The van der Waals surface area contributed by atoms with Crippen LogP contribution in [0.2, 0.25) is 0 Å². The van der Waals surface area contributed by atoms with E-state index in [1.807, 2.05) is 18.6 Å². The van der Waals surface area contributed by atoms with E-state index in [9.17, 15) is 9.59 Å². The van der Waals surface area contributed by atoms with E-state index in [4.69, 9.17) is 9.90 Å². The van der Waals surface area contributed by atoms with Gasteiger partial charge in [0.1, 0.15) is 6.79 Å². The topological polar surface area (TPSA) is 108 Å². The zero-order valence-electron chi connectivity index (χ0n) is 13.8. The maximum absolute atomic E-state index is 11.6. The molecule has 2 rings (SSSR count). The monoisotopic (exact) mass is 345 g/mol.